The zero-order valence-electron chi connectivity index (χ0n) is 21.3. The molecule has 0 saturated heterocycles. The average molecular weight is 555 g/mol. The van der Waals surface area contributed by atoms with Crippen molar-refractivity contribution in [1.82, 2.24) is 0 Å². The van der Waals surface area contributed by atoms with Crippen LogP contribution in [0.2, 0.25) is 0 Å². The third kappa shape index (κ3) is 17.6. The largest absolute Gasteiger partial charge is 0.493 e. The van der Waals surface area contributed by atoms with E-state index in [1.165, 1.54) is 7.11 Å². The molecular formula is C27H38O8S2. The number of thioether (sulfide) groups is 2. The molecule has 206 valence electrons. The third-order valence-electron chi connectivity index (χ3n) is 4.78. The summed E-state index contributed by atoms with van der Waals surface area (Å²) < 4.78 is 15.7. The van der Waals surface area contributed by atoms with Gasteiger partial charge in [-0.15, -0.1) is 0 Å². The summed E-state index contributed by atoms with van der Waals surface area (Å²) in [5, 5.41) is 25.8. The summed E-state index contributed by atoms with van der Waals surface area (Å²) in [6.07, 6.45) is 1.77. The van der Waals surface area contributed by atoms with Crippen LogP contribution in [0.25, 0.3) is 0 Å². The van der Waals surface area contributed by atoms with E-state index >= 15 is 0 Å². The molecule has 0 bridgehead atoms. The number of ether oxygens (including phenoxy) is 3. The summed E-state index contributed by atoms with van der Waals surface area (Å²) in [6, 6.07) is 15.2. The van der Waals surface area contributed by atoms with Crippen LogP contribution in [0.3, 0.4) is 0 Å². The number of aliphatic hydroxyl groups is 2. The fourth-order valence-corrected chi connectivity index (χ4v) is 3.94. The van der Waals surface area contributed by atoms with Gasteiger partial charge in [-0.2, -0.15) is 23.5 Å². The summed E-state index contributed by atoms with van der Waals surface area (Å²) >= 11 is 3.31. The van der Waals surface area contributed by atoms with Crippen molar-refractivity contribution in [1.29, 1.82) is 0 Å². The molecule has 0 amide bonds. The highest BCUT2D eigenvalue weighted by Crippen LogP contribution is 2.15. The molecule has 0 spiro atoms. The summed E-state index contributed by atoms with van der Waals surface area (Å²) in [5.41, 5.74) is 2.09. The van der Waals surface area contributed by atoms with Gasteiger partial charge in [-0.3, -0.25) is 9.59 Å². The summed E-state index contributed by atoms with van der Waals surface area (Å²) in [7, 11) is 1.40. The Morgan fingerprint density at radius 1 is 0.703 bits per heavy atom. The van der Waals surface area contributed by atoms with Crippen LogP contribution in [0, 0.1) is 0 Å². The number of carbonyl (C=O) groups excluding carboxylic acids is 1. The zero-order chi connectivity index (χ0) is 27.1. The lowest BCUT2D eigenvalue weighted by atomic mass is 10.1. The van der Waals surface area contributed by atoms with Gasteiger partial charge >= 0.3 is 11.9 Å². The van der Waals surface area contributed by atoms with Crippen molar-refractivity contribution in [3.05, 3.63) is 59.7 Å². The molecule has 10 heteroatoms. The summed E-state index contributed by atoms with van der Waals surface area (Å²) in [5.74, 6) is 3.83. The number of hydrogen-bond donors (Lipinski definition) is 3. The van der Waals surface area contributed by atoms with E-state index < -0.39 is 5.97 Å². The average Bonchev–Trinajstić information content (AvgIpc) is 2.92. The predicted octanol–water partition coefficient (Wildman–Crippen LogP) is 3.70. The molecule has 0 fully saturated rings. The molecule has 0 saturated carbocycles. The molecule has 3 N–H and O–H groups in total. The number of hydrogen-bond acceptors (Lipinski definition) is 9. The highest BCUT2D eigenvalue weighted by molar-refractivity contribution is 7.99. The predicted molar refractivity (Wildman–Crippen MR) is 149 cm³/mol. The number of rotatable bonds is 18. The molecule has 0 heterocycles. The minimum absolute atomic E-state index is 0.151. The Labute approximate surface area is 227 Å². The Balaban J connectivity index is 0.000000371. The molecule has 0 radical (unpaired) electrons. The van der Waals surface area contributed by atoms with Gasteiger partial charge in [-0.05, 0) is 48.2 Å². The Morgan fingerprint density at radius 2 is 1.14 bits per heavy atom. The lowest BCUT2D eigenvalue weighted by Crippen LogP contribution is -2.03. The van der Waals surface area contributed by atoms with E-state index in [1.54, 1.807) is 23.5 Å². The number of aliphatic hydroxyl groups excluding tert-OH is 2. The number of carboxylic acids is 1. The lowest BCUT2D eigenvalue weighted by molar-refractivity contribution is -0.140. The number of aliphatic carboxylic acids is 1. The van der Waals surface area contributed by atoms with E-state index in [0.717, 1.165) is 45.6 Å². The molecule has 0 aliphatic heterocycles. The molecule has 37 heavy (non-hydrogen) atoms. The molecule has 0 aromatic heterocycles. The topological polar surface area (TPSA) is 123 Å². The van der Waals surface area contributed by atoms with Gasteiger partial charge in [0.05, 0.1) is 33.5 Å². The van der Waals surface area contributed by atoms with Gasteiger partial charge in [0.1, 0.15) is 11.5 Å². The smallest absolute Gasteiger partial charge is 0.305 e. The van der Waals surface area contributed by atoms with Crippen LogP contribution in [0.15, 0.2) is 48.5 Å². The molecule has 0 aliphatic carbocycles. The Bertz CT molecular complexity index is 860. The van der Waals surface area contributed by atoms with Gasteiger partial charge < -0.3 is 29.5 Å². The first kappa shape index (κ1) is 32.6. The minimum atomic E-state index is -0.781. The first-order chi connectivity index (χ1) is 18.0. The van der Waals surface area contributed by atoms with Gasteiger partial charge in [-0.25, -0.2) is 0 Å². The number of methoxy groups -OCH3 is 1. The summed E-state index contributed by atoms with van der Waals surface area (Å²) in [6.45, 7) is 1.65. The van der Waals surface area contributed by atoms with Gasteiger partial charge in [0, 0.05) is 35.9 Å². The Hall–Kier alpha value is -2.40. The maximum Gasteiger partial charge on any atom is 0.305 e. The highest BCUT2D eigenvalue weighted by atomic mass is 32.2. The molecule has 8 nitrogen and oxygen atoms in total. The van der Waals surface area contributed by atoms with Crippen molar-refractivity contribution in [2.24, 2.45) is 0 Å². The molecular weight excluding hydrogens is 516 g/mol. The number of carboxylic acid groups (broad SMARTS) is 1. The van der Waals surface area contributed by atoms with Crippen molar-refractivity contribution < 1.29 is 39.1 Å². The van der Waals surface area contributed by atoms with Crippen LogP contribution in [0.5, 0.6) is 11.5 Å². The second kappa shape index (κ2) is 21.7. The molecule has 2 aromatic carbocycles. The van der Waals surface area contributed by atoms with Crippen molar-refractivity contribution in [2.75, 3.05) is 56.5 Å². The monoisotopic (exact) mass is 554 g/mol. The van der Waals surface area contributed by atoms with E-state index in [4.69, 9.17) is 24.8 Å². The second-order valence-corrected chi connectivity index (χ2v) is 10.1. The van der Waals surface area contributed by atoms with Crippen LogP contribution >= 0.6 is 23.5 Å². The van der Waals surface area contributed by atoms with Crippen molar-refractivity contribution in [3.8, 4) is 11.5 Å². The molecule has 2 rings (SSSR count). The normalized spacial score (nSPS) is 10.2. The van der Waals surface area contributed by atoms with Crippen LogP contribution in [0.4, 0.5) is 0 Å². The minimum Gasteiger partial charge on any atom is -0.493 e. The van der Waals surface area contributed by atoms with Crippen LogP contribution in [-0.4, -0.2) is 83.8 Å². The third-order valence-corrected chi connectivity index (χ3v) is 6.64. The Morgan fingerprint density at radius 3 is 1.51 bits per heavy atom. The highest BCUT2D eigenvalue weighted by Gasteiger charge is 2.02. The van der Waals surface area contributed by atoms with E-state index in [0.29, 0.717) is 32.5 Å². The van der Waals surface area contributed by atoms with Crippen molar-refractivity contribution >= 4 is 35.5 Å². The fraction of sp³-hybridized carbons (Fsp3) is 0.481. The standard InChI is InChI=1S/C14H20O4S.C13H18O4S/c1-17-14(16)7-4-12-2-5-13(6-3-12)18-9-11-19-10-8-15;14-7-9-18-10-8-17-12-4-1-11(2-5-12)3-6-13(15)16/h2-3,5-6,15H,4,7-11H2,1H3;1-2,4-5,14H,3,6-10H2,(H,15,16). The maximum absolute atomic E-state index is 11.0. The number of benzene rings is 2. The molecule has 0 atom stereocenters. The van der Waals surface area contributed by atoms with Gasteiger partial charge in [0.2, 0.25) is 0 Å². The molecule has 0 unspecified atom stereocenters. The Kier molecular flexibility index (Phi) is 19.1. The first-order valence-electron chi connectivity index (χ1n) is 12.1. The van der Waals surface area contributed by atoms with Crippen LogP contribution in [-0.2, 0) is 27.2 Å². The zero-order valence-corrected chi connectivity index (χ0v) is 22.9. The van der Waals surface area contributed by atoms with E-state index in [2.05, 4.69) is 4.74 Å². The first-order valence-corrected chi connectivity index (χ1v) is 14.4. The quantitative estimate of drug-likeness (QED) is 0.186. The number of esters is 1. The SMILES string of the molecule is COC(=O)CCc1ccc(OCCSCCO)cc1.O=C(O)CCc1ccc(OCCSCCO)cc1. The lowest BCUT2D eigenvalue weighted by Gasteiger charge is -2.07. The van der Waals surface area contributed by atoms with Gasteiger partial charge in [-0.1, -0.05) is 24.3 Å². The van der Waals surface area contributed by atoms with E-state index in [-0.39, 0.29) is 25.6 Å². The molecule has 2 aromatic rings. The fourth-order valence-electron chi connectivity index (χ4n) is 2.87. The van der Waals surface area contributed by atoms with Gasteiger partial charge in [0.25, 0.3) is 0 Å². The van der Waals surface area contributed by atoms with Gasteiger partial charge in [0.15, 0.2) is 0 Å². The number of aryl methyl sites for hydroxylation is 2. The summed E-state index contributed by atoms with van der Waals surface area (Å²) in [4.78, 5) is 21.4. The van der Waals surface area contributed by atoms with Crippen molar-refractivity contribution in [3.63, 3.8) is 0 Å². The van der Waals surface area contributed by atoms with Crippen LogP contribution < -0.4 is 9.47 Å². The maximum atomic E-state index is 11.0. The van der Waals surface area contributed by atoms with Crippen LogP contribution in [0.1, 0.15) is 24.0 Å². The van der Waals surface area contributed by atoms with E-state index in [9.17, 15) is 9.59 Å². The second-order valence-electron chi connectivity index (χ2n) is 7.63. The number of carbonyl (C=O) groups is 2. The van der Waals surface area contributed by atoms with E-state index in [1.807, 2.05) is 48.5 Å². The van der Waals surface area contributed by atoms with Crippen molar-refractivity contribution in [2.45, 2.75) is 25.7 Å². The molecule has 0 aliphatic rings.